The normalized spacial score (nSPS) is 10.7. The van der Waals surface area contributed by atoms with Gasteiger partial charge in [0.2, 0.25) is 5.91 Å². The van der Waals surface area contributed by atoms with Crippen LogP contribution in [0.1, 0.15) is 17.5 Å². The molecule has 1 aromatic heterocycles. The summed E-state index contributed by atoms with van der Waals surface area (Å²) in [5.41, 5.74) is 3.97. The summed E-state index contributed by atoms with van der Waals surface area (Å²) in [6.45, 7) is 0.636. The average Bonchev–Trinajstić information content (AvgIpc) is 3.02. The van der Waals surface area contributed by atoms with Crippen molar-refractivity contribution >= 4 is 17.0 Å². The topological polar surface area (TPSA) is 55.1 Å². The van der Waals surface area contributed by atoms with Gasteiger partial charge in [0.15, 0.2) is 12.0 Å². The van der Waals surface area contributed by atoms with Gasteiger partial charge in [0.25, 0.3) is 0 Å². The first-order valence-electron chi connectivity index (χ1n) is 7.44. The molecule has 0 aliphatic heterocycles. The van der Waals surface area contributed by atoms with Crippen LogP contribution in [0.4, 0.5) is 0 Å². The Morgan fingerprint density at radius 2 is 1.91 bits per heavy atom. The fourth-order valence-electron chi connectivity index (χ4n) is 2.40. The molecular formula is C18H18N2O2. The summed E-state index contributed by atoms with van der Waals surface area (Å²) < 4.78 is 5.21. The van der Waals surface area contributed by atoms with Gasteiger partial charge in [-0.25, -0.2) is 4.98 Å². The number of carbonyl (C=O) groups excluding carboxylic acids is 1. The molecule has 3 aromatic rings. The number of rotatable bonds is 6. The lowest BCUT2D eigenvalue weighted by Gasteiger charge is -2.05. The third-order valence-corrected chi connectivity index (χ3v) is 3.61. The molecule has 112 valence electrons. The lowest BCUT2D eigenvalue weighted by atomic mass is 10.1. The van der Waals surface area contributed by atoms with Crippen LogP contribution in [0.3, 0.4) is 0 Å². The molecule has 1 heterocycles. The number of hydrogen-bond acceptors (Lipinski definition) is 3. The quantitative estimate of drug-likeness (QED) is 0.760. The first kappa shape index (κ1) is 14.3. The summed E-state index contributed by atoms with van der Waals surface area (Å²) in [5.74, 6) is 0.0892. The minimum Gasteiger partial charge on any atom is -0.443 e. The number of aryl methyl sites for hydroxylation is 1. The molecule has 0 bridgehead atoms. The minimum absolute atomic E-state index is 0.0892. The van der Waals surface area contributed by atoms with Crippen molar-refractivity contribution in [3.8, 4) is 0 Å². The zero-order valence-corrected chi connectivity index (χ0v) is 12.3. The molecule has 4 nitrogen and oxygen atoms in total. The van der Waals surface area contributed by atoms with Gasteiger partial charge in [-0.2, -0.15) is 0 Å². The Kier molecular flexibility index (Phi) is 4.49. The fraction of sp³-hybridized carbons (Fsp3) is 0.222. The zero-order chi connectivity index (χ0) is 15.2. The number of nitrogens with zero attached hydrogens (tertiary/aromatic N) is 1. The molecule has 1 N–H and O–H groups in total. The molecule has 3 rings (SSSR count). The Hall–Kier alpha value is -2.62. The molecule has 22 heavy (non-hydrogen) atoms. The van der Waals surface area contributed by atoms with Gasteiger partial charge in [0, 0.05) is 13.0 Å². The Morgan fingerprint density at radius 3 is 2.77 bits per heavy atom. The molecule has 1 amide bonds. The standard InChI is InChI=1S/C18H18N2O2/c21-18(9-7-14-4-2-1-3-5-14)19-11-10-15-6-8-17-16(12-15)20-13-22-17/h1-6,8,12-13H,7,9-11H2,(H,19,21). The molecule has 4 heteroatoms. The van der Waals surface area contributed by atoms with Gasteiger partial charge < -0.3 is 9.73 Å². The van der Waals surface area contributed by atoms with Gasteiger partial charge in [-0.1, -0.05) is 36.4 Å². The van der Waals surface area contributed by atoms with E-state index in [-0.39, 0.29) is 5.91 Å². The first-order chi connectivity index (χ1) is 10.8. The number of benzene rings is 2. The highest BCUT2D eigenvalue weighted by Gasteiger charge is 2.03. The Bertz CT molecular complexity index is 750. The Labute approximate surface area is 129 Å². The van der Waals surface area contributed by atoms with Crippen molar-refractivity contribution in [2.75, 3.05) is 6.54 Å². The lowest BCUT2D eigenvalue weighted by molar-refractivity contribution is -0.121. The predicted octanol–water partition coefficient (Wildman–Crippen LogP) is 3.12. The summed E-state index contributed by atoms with van der Waals surface area (Å²) in [4.78, 5) is 16.0. The number of hydrogen-bond donors (Lipinski definition) is 1. The number of amides is 1. The van der Waals surface area contributed by atoms with Crippen LogP contribution in [-0.4, -0.2) is 17.4 Å². The SMILES string of the molecule is O=C(CCc1ccccc1)NCCc1ccc2ocnc2c1. The molecule has 0 unspecified atom stereocenters. The summed E-state index contributed by atoms with van der Waals surface area (Å²) in [6, 6.07) is 16.0. The zero-order valence-electron chi connectivity index (χ0n) is 12.3. The Balaban J connectivity index is 1.43. The second kappa shape index (κ2) is 6.89. The van der Waals surface area contributed by atoms with Crippen LogP contribution in [0.15, 0.2) is 59.3 Å². The van der Waals surface area contributed by atoms with Crippen molar-refractivity contribution in [1.29, 1.82) is 0 Å². The van der Waals surface area contributed by atoms with E-state index in [1.807, 2.05) is 48.5 Å². The average molecular weight is 294 g/mol. The Morgan fingerprint density at radius 1 is 1.05 bits per heavy atom. The van der Waals surface area contributed by atoms with Crippen LogP contribution in [0.5, 0.6) is 0 Å². The van der Waals surface area contributed by atoms with Gasteiger partial charge in [0.05, 0.1) is 0 Å². The van der Waals surface area contributed by atoms with E-state index < -0.39 is 0 Å². The van der Waals surface area contributed by atoms with Crippen LogP contribution >= 0.6 is 0 Å². The molecule has 0 aliphatic rings. The van der Waals surface area contributed by atoms with E-state index in [9.17, 15) is 4.79 Å². The summed E-state index contributed by atoms with van der Waals surface area (Å²) in [5, 5.41) is 2.96. The van der Waals surface area contributed by atoms with Crippen LogP contribution in [0, 0.1) is 0 Å². The van der Waals surface area contributed by atoms with Crippen LogP contribution in [0.2, 0.25) is 0 Å². The van der Waals surface area contributed by atoms with Crippen LogP contribution in [-0.2, 0) is 17.6 Å². The highest BCUT2D eigenvalue weighted by molar-refractivity contribution is 5.76. The lowest BCUT2D eigenvalue weighted by Crippen LogP contribution is -2.25. The molecular weight excluding hydrogens is 276 g/mol. The second-order valence-corrected chi connectivity index (χ2v) is 5.24. The van der Waals surface area contributed by atoms with Gasteiger partial charge >= 0.3 is 0 Å². The number of oxazole rings is 1. The molecule has 2 aromatic carbocycles. The highest BCUT2D eigenvalue weighted by Crippen LogP contribution is 2.14. The maximum Gasteiger partial charge on any atom is 0.220 e. The number of aromatic nitrogens is 1. The molecule has 0 saturated heterocycles. The maximum atomic E-state index is 11.8. The first-order valence-corrected chi connectivity index (χ1v) is 7.44. The van der Waals surface area contributed by atoms with E-state index in [2.05, 4.69) is 10.3 Å². The van der Waals surface area contributed by atoms with Crippen molar-refractivity contribution in [2.24, 2.45) is 0 Å². The second-order valence-electron chi connectivity index (χ2n) is 5.24. The monoisotopic (exact) mass is 294 g/mol. The molecule has 0 saturated carbocycles. The van der Waals surface area contributed by atoms with E-state index >= 15 is 0 Å². The molecule has 0 aliphatic carbocycles. The third-order valence-electron chi connectivity index (χ3n) is 3.61. The highest BCUT2D eigenvalue weighted by atomic mass is 16.3. The van der Waals surface area contributed by atoms with Gasteiger partial charge in [-0.15, -0.1) is 0 Å². The van der Waals surface area contributed by atoms with Crippen molar-refractivity contribution in [3.05, 3.63) is 66.1 Å². The van der Waals surface area contributed by atoms with Crippen molar-refractivity contribution < 1.29 is 9.21 Å². The molecule has 0 radical (unpaired) electrons. The van der Waals surface area contributed by atoms with Crippen LogP contribution in [0.25, 0.3) is 11.1 Å². The molecule has 0 atom stereocenters. The van der Waals surface area contributed by atoms with Crippen molar-refractivity contribution in [2.45, 2.75) is 19.3 Å². The summed E-state index contributed by atoms with van der Waals surface area (Å²) in [7, 11) is 0. The largest absolute Gasteiger partial charge is 0.443 e. The maximum absolute atomic E-state index is 11.8. The molecule has 0 fully saturated rings. The number of fused-ring (bicyclic) bond motifs is 1. The summed E-state index contributed by atoms with van der Waals surface area (Å²) >= 11 is 0. The van der Waals surface area contributed by atoms with E-state index in [0.717, 1.165) is 29.5 Å². The molecule has 0 spiro atoms. The fourth-order valence-corrected chi connectivity index (χ4v) is 2.40. The number of carbonyl (C=O) groups is 1. The number of nitrogens with one attached hydrogen (secondary N) is 1. The van der Waals surface area contributed by atoms with Crippen molar-refractivity contribution in [1.82, 2.24) is 10.3 Å². The van der Waals surface area contributed by atoms with Crippen molar-refractivity contribution in [3.63, 3.8) is 0 Å². The summed E-state index contributed by atoms with van der Waals surface area (Å²) in [6.07, 6.45) is 3.53. The van der Waals surface area contributed by atoms with Gasteiger partial charge in [0.1, 0.15) is 5.52 Å². The smallest absolute Gasteiger partial charge is 0.220 e. The predicted molar refractivity (Wildman–Crippen MR) is 85.5 cm³/mol. The van der Waals surface area contributed by atoms with E-state index in [4.69, 9.17) is 4.42 Å². The van der Waals surface area contributed by atoms with E-state index in [1.165, 1.54) is 12.0 Å². The van der Waals surface area contributed by atoms with E-state index in [1.54, 1.807) is 0 Å². The minimum atomic E-state index is 0.0892. The van der Waals surface area contributed by atoms with E-state index in [0.29, 0.717) is 13.0 Å². The van der Waals surface area contributed by atoms with Crippen LogP contribution < -0.4 is 5.32 Å². The third kappa shape index (κ3) is 3.73. The van der Waals surface area contributed by atoms with Gasteiger partial charge in [-0.05, 0) is 36.1 Å². The van der Waals surface area contributed by atoms with Gasteiger partial charge in [-0.3, -0.25) is 4.79 Å².